The van der Waals surface area contributed by atoms with Crippen molar-refractivity contribution in [1.29, 1.82) is 0 Å². The molecule has 0 aromatic carbocycles. The van der Waals surface area contributed by atoms with Gasteiger partial charge in [0.15, 0.2) is 0 Å². The zero-order valence-electron chi connectivity index (χ0n) is 14.8. The van der Waals surface area contributed by atoms with Crippen molar-refractivity contribution >= 4 is 23.3 Å². The fraction of sp³-hybridized carbons (Fsp3) is 0.471. The standard InChI is InChI=1S/C17H24ClN5O2/c1-4-9-23-11-13(10-20-23)21-16(24)22-17(3,5-2)12-25-15-14(18)7-6-8-19-15/h6-8,10-11H,4-5,9,12H2,1-3H3,(H2,21,22,24)/t17-/m1/s1. The predicted octanol–water partition coefficient (Wildman–Crippen LogP) is 3.71. The third-order valence-electron chi connectivity index (χ3n) is 3.79. The Balaban J connectivity index is 1.92. The Kier molecular flexibility index (Phi) is 6.64. The second-order valence-electron chi connectivity index (χ2n) is 6.06. The van der Waals surface area contributed by atoms with Crippen molar-refractivity contribution in [2.75, 3.05) is 11.9 Å². The normalized spacial score (nSPS) is 13.1. The Bertz CT molecular complexity index is 706. The number of pyridine rings is 1. The van der Waals surface area contributed by atoms with Gasteiger partial charge in [0, 0.05) is 18.9 Å². The van der Waals surface area contributed by atoms with Gasteiger partial charge in [0.05, 0.1) is 17.4 Å². The third-order valence-corrected chi connectivity index (χ3v) is 4.08. The molecule has 2 amide bonds. The predicted molar refractivity (Wildman–Crippen MR) is 98.1 cm³/mol. The number of carbonyl (C=O) groups excluding carboxylic acids is 1. The zero-order chi connectivity index (χ0) is 18.3. The summed E-state index contributed by atoms with van der Waals surface area (Å²) in [6.07, 6.45) is 6.70. The lowest BCUT2D eigenvalue weighted by atomic mass is 10.0. The quantitative estimate of drug-likeness (QED) is 0.747. The van der Waals surface area contributed by atoms with Crippen LogP contribution in [0.2, 0.25) is 5.02 Å². The molecule has 0 aliphatic carbocycles. The molecule has 1 atom stereocenters. The zero-order valence-corrected chi connectivity index (χ0v) is 15.5. The molecule has 0 radical (unpaired) electrons. The van der Waals surface area contributed by atoms with Gasteiger partial charge in [-0.25, -0.2) is 9.78 Å². The number of rotatable bonds is 8. The van der Waals surface area contributed by atoms with Crippen molar-refractivity contribution in [1.82, 2.24) is 20.1 Å². The third kappa shape index (κ3) is 5.63. The lowest BCUT2D eigenvalue weighted by molar-refractivity contribution is 0.183. The number of nitrogens with zero attached hydrogens (tertiary/aromatic N) is 3. The van der Waals surface area contributed by atoms with Crippen LogP contribution in [0.4, 0.5) is 10.5 Å². The molecule has 0 aliphatic heterocycles. The molecular weight excluding hydrogens is 342 g/mol. The molecule has 2 N–H and O–H groups in total. The number of carbonyl (C=O) groups is 1. The number of hydrogen-bond acceptors (Lipinski definition) is 4. The van der Waals surface area contributed by atoms with Crippen LogP contribution in [0.15, 0.2) is 30.7 Å². The second-order valence-corrected chi connectivity index (χ2v) is 6.47. The van der Waals surface area contributed by atoms with Crippen LogP contribution >= 0.6 is 11.6 Å². The minimum atomic E-state index is -0.565. The van der Waals surface area contributed by atoms with E-state index in [1.807, 2.05) is 13.8 Å². The highest BCUT2D eigenvalue weighted by molar-refractivity contribution is 6.31. The Morgan fingerprint density at radius 1 is 1.44 bits per heavy atom. The smallest absolute Gasteiger partial charge is 0.319 e. The van der Waals surface area contributed by atoms with Gasteiger partial charge in [0.1, 0.15) is 11.6 Å². The van der Waals surface area contributed by atoms with Crippen molar-refractivity contribution < 1.29 is 9.53 Å². The number of nitrogens with one attached hydrogen (secondary N) is 2. The molecule has 0 bridgehead atoms. The highest BCUT2D eigenvalue weighted by Crippen LogP contribution is 2.22. The maximum absolute atomic E-state index is 12.3. The van der Waals surface area contributed by atoms with Crippen LogP contribution < -0.4 is 15.4 Å². The molecule has 8 heteroatoms. The van der Waals surface area contributed by atoms with Gasteiger partial charge in [-0.15, -0.1) is 0 Å². The first-order valence-corrected chi connectivity index (χ1v) is 8.68. The molecule has 25 heavy (non-hydrogen) atoms. The SMILES string of the molecule is CCCn1cc(NC(=O)N[C@](C)(CC)COc2ncccc2Cl)cn1. The van der Waals surface area contributed by atoms with E-state index >= 15 is 0 Å². The monoisotopic (exact) mass is 365 g/mol. The minimum absolute atomic E-state index is 0.253. The molecule has 7 nitrogen and oxygen atoms in total. The van der Waals surface area contributed by atoms with Crippen LogP contribution in [-0.4, -0.2) is 32.9 Å². The molecule has 2 heterocycles. The van der Waals surface area contributed by atoms with Gasteiger partial charge in [-0.1, -0.05) is 25.4 Å². The van der Waals surface area contributed by atoms with Gasteiger partial charge >= 0.3 is 6.03 Å². The highest BCUT2D eigenvalue weighted by atomic mass is 35.5. The first kappa shape index (κ1) is 19.1. The minimum Gasteiger partial charge on any atom is -0.474 e. The van der Waals surface area contributed by atoms with E-state index in [4.69, 9.17) is 16.3 Å². The Hall–Kier alpha value is -2.28. The van der Waals surface area contributed by atoms with E-state index in [0.717, 1.165) is 13.0 Å². The van der Waals surface area contributed by atoms with E-state index in [1.165, 1.54) is 0 Å². The van der Waals surface area contributed by atoms with Gasteiger partial charge in [-0.3, -0.25) is 4.68 Å². The molecule has 2 aromatic heterocycles. The fourth-order valence-electron chi connectivity index (χ4n) is 2.15. The van der Waals surface area contributed by atoms with E-state index in [-0.39, 0.29) is 12.6 Å². The summed E-state index contributed by atoms with van der Waals surface area (Å²) in [6, 6.07) is 3.14. The topological polar surface area (TPSA) is 81.1 Å². The lowest BCUT2D eigenvalue weighted by Gasteiger charge is -2.29. The summed E-state index contributed by atoms with van der Waals surface area (Å²) >= 11 is 6.04. The Morgan fingerprint density at radius 3 is 2.92 bits per heavy atom. The van der Waals surface area contributed by atoms with Crippen LogP contribution in [-0.2, 0) is 6.54 Å². The summed E-state index contributed by atoms with van der Waals surface area (Å²) in [6.45, 7) is 7.02. The average molecular weight is 366 g/mol. The van der Waals surface area contributed by atoms with Crippen molar-refractivity contribution in [2.45, 2.75) is 45.7 Å². The fourth-order valence-corrected chi connectivity index (χ4v) is 2.32. The van der Waals surface area contributed by atoms with E-state index in [9.17, 15) is 4.79 Å². The van der Waals surface area contributed by atoms with Crippen molar-refractivity contribution in [3.63, 3.8) is 0 Å². The largest absolute Gasteiger partial charge is 0.474 e. The van der Waals surface area contributed by atoms with Gasteiger partial charge in [-0.2, -0.15) is 5.10 Å². The Labute approximate surface area is 152 Å². The number of amides is 2. The first-order chi connectivity index (χ1) is 12.0. The molecule has 0 spiro atoms. The number of hydrogen-bond donors (Lipinski definition) is 2. The van der Waals surface area contributed by atoms with Crippen molar-refractivity contribution in [3.8, 4) is 5.88 Å². The molecule has 136 valence electrons. The summed E-state index contributed by atoms with van der Waals surface area (Å²) in [4.78, 5) is 16.4. The molecule has 0 saturated heterocycles. The number of aryl methyl sites for hydroxylation is 1. The molecular formula is C17H24ClN5O2. The first-order valence-electron chi connectivity index (χ1n) is 8.30. The van der Waals surface area contributed by atoms with Gasteiger partial charge in [-0.05, 0) is 31.9 Å². The van der Waals surface area contributed by atoms with E-state index in [2.05, 4.69) is 27.6 Å². The lowest BCUT2D eigenvalue weighted by Crippen LogP contribution is -2.51. The number of halogens is 1. The number of anilines is 1. The summed E-state index contributed by atoms with van der Waals surface area (Å²) in [5.74, 6) is 0.354. The number of aromatic nitrogens is 3. The molecule has 0 saturated carbocycles. The molecule has 0 unspecified atom stereocenters. The van der Waals surface area contributed by atoms with Crippen LogP contribution in [0.1, 0.15) is 33.6 Å². The van der Waals surface area contributed by atoms with Gasteiger partial charge in [0.2, 0.25) is 5.88 Å². The number of ether oxygens (including phenoxy) is 1. The van der Waals surface area contributed by atoms with E-state index in [0.29, 0.717) is 23.0 Å². The maximum atomic E-state index is 12.3. The summed E-state index contributed by atoms with van der Waals surface area (Å²) in [5.41, 5.74) is 0.0859. The van der Waals surface area contributed by atoms with Crippen molar-refractivity contribution in [2.24, 2.45) is 0 Å². The van der Waals surface area contributed by atoms with Crippen LogP contribution in [0, 0.1) is 0 Å². The maximum Gasteiger partial charge on any atom is 0.319 e. The van der Waals surface area contributed by atoms with Crippen LogP contribution in [0.3, 0.4) is 0 Å². The average Bonchev–Trinajstić information content (AvgIpc) is 3.01. The number of urea groups is 1. The summed E-state index contributed by atoms with van der Waals surface area (Å²) < 4.78 is 7.47. The second kappa shape index (κ2) is 8.71. The van der Waals surface area contributed by atoms with E-state index in [1.54, 1.807) is 35.4 Å². The Morgan fingerprint density at radius 2 is 2.24 bits per heavy atom. The van der Waals surface area contributed by atoms with E-state index < -0.39 is 5.54 Å². The van der Waals surface area contributed by atoms with Gasteiger partial charge < -0.3 is 15.4 Å². The molecule has 0 fully saturated rings. The van der Waals surface area contributed by atoms with Crippen LogP contribution in [0.5, 0.6) is 5.88 Å². The molecule has 2 aromatic rings. The van der Waals surface area contributed by atoms with Gasteiger partial charge in [0.25, 0.3) is 0 Å². The molecule has 2 rings (SSSR count). The summed E-state index contributed by atoms with van der Waals surface area (Å²) in [7, 11) is 0. The van der Waals surface area contributed by atoms with Crippen LogP contribution in [0.25, 0.3) is 0 Å². The highest BCUT2D eigenvalue weighted by Gasteiger charge is 2.26. The van der Waals surface area contributed by atoms with Crippen molar-refractivity contribution in [3.05, 3.63) is 35.7 Å². The molecule has 0 aliphatic rings. The summed E-state index contributed by atoms with van der Waals surface area (Å²) in [5, 5.41) is 10.4.